The molecule has 4 rings (SSSR count). The first-order chi connectivity index (χ1) is 12.6. The van der Waals surface area contributed by atoms with Crippen LogP contribution in [0.4, 0.5) is 0 Å². The molecule has 4 heteroatoms. The van der Waals surface area contributed by atoms with Gasteiger partial charge in [0.05, 0.1) is 5.56 Å². The molecule has 4 nitrogen and oxygen atoms in total. The molecule has 1 saturated carbocycles. The van der Waals surface area contributed by atoms with E-state index >= 15 is 0 Å². The van der Waals surface area contributed by atoms with Crippen LogP contribution in [-0.4, -0.2) is 17.7 Å². The van der Waals surface area contributed by atoms with Crippen molar-refractivity contribution in [2.24, 2.45) is 0 Å². The van der Waals surface area contributed by atoms with Gasteiger partial charge in [-0.15, -0.1) is 0 Å². The lowest BCUT2D eigenvalue weighted by atomic mass is 9.82. The Morgan fingerprint density at radius 2 is 1.81 bits per heavy atom. The number of Topliss-reactive ketones (excluding diaryl/α,β-unsaturated/α-hetero) is 1. The first kappa shape index (κ1) is 17.1. The molecule has 0 aliphatic heterocycles. The van der Waals surface area contributed by atoms with E-state index in [4.69, 9.17) is 4.42 Å². The number of aryl methyl sites for hydroxylation is 1. The highest BCUT2D eigenvalue weighted by Gasteiger charge is 2.30. The van der Waals surface area contributed by atoms with Crippen molar-refractivity contribution < 1.29 is 14.0 Å². The van der Waals surface area contributed by atoms with Gasteiger partial charge in [0.25, 0.3) is 5.91 Å². The normalized spacial score (nSPS) is 22.7. The van der Waals surface area contributed by atoms with Crippen LogP contribution in [0, 0.1) is 6.92 Å². The summed E-state index contributed by atoms with van der Waals surface area (Å²) in [6, 6.07) is 10.8. The van der Waals surface area contributed by atoms with E-state index in [9.17, 15) is 9.59 Å². The minimum atomic E-state index is -0.173. The Kier molecular flexibility index (Phi) is 4.66. The maximum Gasteiger partial charge on any atom is 0.287 e. The van der Waals surface area contributed by atoms with Crippen LogP contribution in [0.1, 0.15) is 82.2 Å². The van der Waals surface area contributed by atoms with E-state index in [1.165, 1.54) is 5.56 Å². The number of benzene rings is 1. The van der Waals surface area contributed by atoms with Gasteiger partial charge in [0.1, 0.15) is 5.76 Å². The monoisotopic (exact) mass is 351 g/mol. The smallest absolute Gasteiger partial charge is 0.287 e. The molecule has 0 atom stereocenters. The molecule has 2 aliphatic rings. The van der Waals surface area contributed by atoms with Gasteiger partial charge in [-0.3, -0.25) is 9.59 Å². The van der Waals surface area contributed by atoms with Crippen LogP contribution >= 0.6 is 0 Å². The first-order valence-corrected chi connectivity index (χ1v) is 9.64. The topological polar surface area (TPSA) is 59.3 Å². The van der Waals surface area contributed by atoms with Gasteiger partial charge in [-0.1, -0.05) is 30.3 Å². The molecule has 136 valence electrons. The lowest BCUT2D eigenvalue weighted by molar-refractivity contribution is 0.0892. The molecule has 1 fully saturated rings. The molecule has 26 heavy (non-hydrogen) atoms. The van der Waals surface area contributed by atoms with E-state index in [-0.39, 0.29) is 17.7 Å². The summed E-state index contributed by atoms with van der Waals surface area (Å²) in [6.45, 7) is 1.83. The third-order valence-corrected chi connectivity index (χ3v) is 5.85. The van der Waals surface area contributed by atoms with Crippen molar-refractivity contribution in [2.75, 3.05) is 0 Å². The number of hydrogen-bond acceptors (Lipinski definition) is 3. The van der Waals surface area contributed by atoms with Crippen molar-refractivity contribution in [2.45, 2.75) is 63.8 Å². The predicted molar refractivity (Wildman–Crippen MR) is 99.6 cm³/mol. The van der Waals surface area contributed by atoms with Gasteiger partial charge >= 0.3 is 0 Å². The summed E-state index contributed by atoms with van der Waals surface area (Å²) in [5.74, 6) is 1.54. The molecular formula is C22H25NO3. The second kappa shape index (κ2) is 7.10. The Hall–Kier alpha value is -2.36. The SMILES string of the molecule is Cc1c(C(=O)NC2CCC(c3ccccc3)CC2)oc2c1C(=O)CCC2. The first-order valence-electron chi connectivity index (χ1n) is 9.64. The number of fused-ring (bicyclic) bond motifs is 1. The quantitative estimate of drug-likeness (QED) is 0.881. The molecule has 0 saturated heterocycles. The fourth-order valence-corrected chi connectivity index (χ4v) is 4.41. The molecule has 0 spiro atoms. The number of furan rings is 1. The van der Waals surface area contributed by atoms with Gasteiger partial charge in [-0.05, 0) is 50.5 Å². The number of ketones is 1. The van der Waals surface area contributed by atoms with Crippen LogP contribution in [0.3, 0.4) is 0 Å². The summed E-state index contributed by atoms with van der Waals surface area (Å²) in [5, 5.41) is 3.13. The molecule has 2 aromatic rings. The highest BCUT2D eigenvalue weighted by atomic mass is 16.4. The van der Waals surface area contributed by atoms with Crippen LogP contribution in [0.15, 0.2) is 34.7 Å². The number of nitrogens with one attached hydrogen (secondary N) is 1. The van der Waals surface area contributed by atoms with Crippen molar-refractivity contribution in [3.05, 3.63) is 58.5 Å². The van der Waals surface area contributed by atoms with Gasteiger partial charge in [0.2, 0.25) is 0 Å². The highest BCUT2D eigenvalue weighted by Crippen LogP contribution is 2.33. The van der Waals surface area contributed by atoms with Crippen LogP contribution in [0.25, 0.3) is 0 Å². The van der Waals surface area contributed by atoms with Crippen LogP contribution in [0.2, 0.25) is 0 Å². The van der Waals surface area contributed by atoms with E-state index in [0.717, 1.165) is 38.5 Å². The summed E-state index contributed by atoms with van der Waals surface area (Å²) < 4.78 is 5.77. The summed E-state index contributed by atoms with van der Waals surface area (Å²) in [4.78, 5) is 24.8. The lowest BCUT2D eigenvalue weighted by Gasteiger charge is -2.29. The molecule has 1 amide bonds. The van der Waals surface area contributed by atoms with Crippen molar-refractivity contribution in [1.82, 2.24) is 5.32 Å². The van der Waals surface area contributed by atoms with Crippen LogP contribution < -0.4 is 5.32 Å². The number of hydrogen-bond donors (Lipinski definition) is 1. The Bertz CT molecular complexity index is 813. The largest absolute Gasteiger partial charge is 0.455 e. The second-order valence-electron chi connectivity index (χ2n) is 7.56. The van der Waals surface area contributed by atoms with Crippen LogP contribution in [0.5, 0.6) is 0 Å². The number of amides is 1. The van der Waals surface area contributed by atoms with Gasteiger partial charge in [0, 0.05) is 24.4 Å². The molecule has 1 N–H and O–H groups in total. The molecule has 2 aliphatic carbocycles. The predicted octanol–water partition coefficient (Wildman–Crippen LogP) is 4.56. The average Bonchev–Trinajstić information content (AvgIpc) is 3.01. The molecule has 0 radical (unpaired) electrons. The van der Waals surface area contributed by atoms with Gasteiger partial charge in [-0.2, -0.15) is 0 Å². The third-order valence-electron chi connectivity index (χ3n) is 5.85. The second-order valence-corrected chi connectivity index (χ2v) is 7.56. The fourth-order valence-electron chi connectivity index (χ4n) is 4.41. The molecule has 1 aromatic carbocycles. The fraction of sp³-hybridized carbons (Fsp3) is 0.455. The van der Waals surface area contributed by atoms with E-state index in [1.54, 1.807) is 0 Å². The summed E-state index contributed by atoms with van der Waals surface area (Å²) in [5.41, 5.74) is 2.75. The van der Waals surface area contributed by atoms with Gasteiger partial charge < -0.3 is 9.73 Å². The summed E-state index contributed by atoms with van der Waals surface area (Å²) in [7, 11) is 0. The maximum absolute atomic E-state index is 12.7. The zero-order valence-electron chi connectivity index (χ0n) is 15.2. The Morgan fingerprint density at radius 1 is 1.08 bits per heavy atom. The van der Waals surface area contributed by atoms with Crippen molar-refractivity contribution in [3.63, 3.8) is 0 Å². The third kappa shape index (κ3) is 3.20. The van der Waals surface area contributed by atoms with E-state index in [1.807, 2.05) is 13.0 Å². The van der Waals surface area contributed by atoms with Gasteiger partial charge in [-0.25, -0.2) is 0 Å². The standard InChI is InChI=1S/C22H25NO3/c1-14-20-18(24)8-5-9-19(20)26-21(14)22(25)23-17-12-10-16(11-13-17)15-6-3-2-4-7-15/h2-4,6-7,16-17H,5,8-13H2,1H3,(H,23,25). The Labute approximate surface area is 154 Å². The molecule has 1 aromatic heterocycles. The average molecular weight is 351 g/mol. The minimum absolute atomic E-state index is 0.106. The van der Waals surface area contributed by atoms with Crippen molar-refractivity contribution >= 4 is 11.7 Å². The summed E-state index contributed by atoms with van der Waals surface area (Å²) >= 11 is 0. The van der Waals surface area contributed by atoms with E-state index in [2.05, 4.69) is 29.6 Å². The Balaban J connectivity index is 1.40. The number of carbonyl (C=O) groups excluding carboxylic acids is 2. The minimum Gasteiger partial charge on any atom is -0.455 e. The molecule has 0 unspecified atom stereocenters. The van der Waals surface area contributed by atoms with Crippen LogP contribution in [-0.2, 0) is 6.42 Å². The molecule has 1 heterocycles. The van der Waals surface area contributed by atoms with Gasteiger partial charge in [0.15, 0.2) is 11.5 Å². The zero-order valence-corrected chi connectivity index (χ0v) is 15.2. The number of rotatable bonds is 3. The summed E-state index contributed by atoms with van der Waals surface area (Å²) in [6.07, 6.45) is 6.23. The Morgan fingerprint density at radius 3 is 2.50 bits per heavy atom. The molecule has 0 bridgehead atoms. The zero-order chi connectivity index (χ0) is 18.1. The van der Waals surface area contributed by atoms with Crippen molar-refractivity contribution in [3.8, 4) is 0 Å². The number of carbonyl (C=O) groups is 2. The highest BCUT2D eigenvalue weighted by molar-refractivity contribution is 6.03. The van der Waals surface area contributed by atoms with E-state index < -0.39 is 0 Å². The lowest BCUT2D eigenvalue weighted by Crippen LogP contribution is -2.37. The van der Waals surface area contributed by atoms with E-state index in [0.29, 0.717) is 35.0 Å². The van der Waals surface area contributed by atoms with Crippen molar-refractivity contribution in [1.29, 1.82) is 0 Å². The maximum atomic E-state index is 12.7. The molecular weight excluding hydrogens is 326 g/mol.